The van der Waals surface area contributed by atoms with E-state index in [1.807, 2.05) is 25.1 Å². The number of carbonyl (C=O) groups is 1. The summed E-state index contributed by atoms with van der Waals surface area (Å²) in [5, 5.41) is 13.6. The van der Waals surface area contributed by atoms with Crippen LogP contribution in [-0.2, 0) is 35.5 Å². The van der Waals surface area contributed by atoms with E-state index in [1.54, 1.807) is 7.05 Å². The second kappa shape index (κ2) is 10.5. The van der Waals surface area contributed by atoms with Crippen LogP contribution >= 0.6 is 0 Å². The van der Waals surface area contributed by atoms with Gasteiger partial charge in [-0.15, -0.1) is 5.11 Å². The number of nitrogens with zero attached hydrogens (tertiary/aromatic N) is 4. The molecule has 0 aliphatic heterocycles. The van der Waals surface area contributed by atoms with E-state index in [2.05, 4.69) is 46.2 Å². The second-order valence-corrected chi connectivity index (χ2v) is 7.43. The fraction of sp³-hybridized carbons (Fsp3) is 0.391. The Morgan fingerprint density at radius 1 is 1.20 bits per heavy atom. The minimum atomic E-state index is 0.296. The molecule has 0 saturated heterocycles. The van der Waals surface area contributed by atoms with Crippen LogP contribution in [0, 0.1) is 0 Å². The lowest BCUT2D eigenvalue weighted by Gasteiger charge is -2.16. The summed E-state index contributed by atoms with van der Waals surface area (Å²) in [7, 11) is 1.55. The Bertz CT molecular complexity index is 939. The molecule has 0 fully saturated rings. The van der Waals surface area contributed by atoms with E-state index in [0.717, 1.165) is 35.2 Å². The van der Waals surface area contributed by atoms with Crippen LogP contribution in [0.25, 0.3) is 0 Å². The molecule has 0 bridgehead atoms. The van der Waals surface area contributed by atoms with Crippen LogP contribution in [0.3, 0.4) is 0 Å². The number of hydrogen-bond donors (Lipinski definition) is 1. The quantitative estimate of drug-likeness (QED) is 0.284. The summed E-state index contributed by atoms with van der Waals surface area (Å²) >= 11 is 0. The number of benzene rings is 2. The number of hydrogen-bond acceptors (Lipinski definition) is 5. The van der Waals surface area contributed by atoms with Gasteiger partial charge in [0.15, 0.2) is 0 Å². The topological polar surface area (TPSA) is 78.7 Å². The standard InChI is InChI=1S/C23H29N5O2/c1-4-18-10-7-11-23(24-26-27-28(3)16-29)22(18)15-30-25-17(2)20-13-12-19-8-5-6-9-21(19)14-20/h7,10-14,16H,4-6,8-9,15H2,1-3H3,(H,24,27). The molecule has 1 aliphatic rings. The van der Waals surface area contributed by atoms with Crippen LogP contribution in [0.4, 0.5) is 5.69 Å². The summed E-state index contributed by atoms with van der Waals surface area (Å²) in [4.78, 5) is 16.4. The molecule has 7 nitrogen and oxygen atoms in total. The Hall–Kier alpha value is -3.22. The van der Waals surface area contributed by atoms with Gasteiger partial charge in [-0.05, 0) is 73.4 Å². The monoisotopic (exact) mass is 407 g/mol. The predicted octanol–water partition coefficient (Wildman–Crippen LogP) is 4.66. The van der Waals surface area contributed by atoms with Crippen molar-refractivity contribution in [2.45, 2.75) is 52.6 Å². The molecule has 3 rings (SSSR count). The van der Waals surface area contributed by atoms with E-state index in [1.165, 1.54) is 35.4 Å². The van der Waals surface area contributed by atoms with Crippen LogP contribution < -0.4 is 5.53 Å². The van der Waals surface area contributed by atoms with E-state index < -0.39 is 0 Å². The lowest BCUT2D eigenvalue weighted by molar-refractivity contribution is -0.119. The molecule has 0 heterocycles. The van der Waals surface area contributed by atoms with Gasteiger partial charge in [0.05, 0.1) is 11.4 Å². The van der Waals surface area contributed by atoms with E-state index in [4.69, 9.17) is 4.84 Å². The Morgan fingerprint density at radius 2 is 2.00 bits per heavy atom. The van der Waals surface area contributed by atoms with Gasteiger partial charge in [0.2, 0.25) is 6.41 Å². The molecule has 0 spiro atoms. The molecule has 0 saturated carbocycles. The molecule has 2 aromatic rings. The number of hydrazine groups is 1. The van der Waals surface area contributed by atoms with Crippen LogP contribution in [-0.4, -0.2) is 24.2 Å². The summed E-state index contributed by atoms with van der Waals surface area (Å²) in [6, 6.07) is 12.4. The molecule has 1 aliphatic carbocycles. The Morgan fingerprint density at radius 3 is 2.77 bits per heavy atom. The van der Waals surface area contributed by atoms with Crippen LogP contribution in [0.1, 0.15) is 54.5 Å². The number of aryl methyl sites for hydroxylation is 3. The second-order valence-electron chi connectivity index (χ2n) is 7.43. The first kappa shape index (κ1) is 21.5. The van der Waals surface area contributed by atoms with Crippen LogP contribution in [0.2, 0.25) is 0 Å². The third-order valence-corrected chi connectivity index (χ3v) is 5.32. The van der Waals surface area contributed by atoms with E-state index in [-0.39, 0.29) is 0 Å². The number of fused-ring (bicyclic) bond motifs is 1. The van der Waals surface area contributed by atoms with Crippen molar-refractivity contribution in [2.75, 3.05) is 7.05 Å². The highest BCUT2D eigenvalue weighted by Crippen LogP contribution is 2.25. The van der Waals surface area contributed by atoms with Gasteiger partial charge >= 0.3 is 0 Å². The third kappa shape index (κ3) is 5.43. The maximum Gasteiger partial charge on any atom is 0.229 e. The SMILES string of the molecule is CCc1cccc(N=NNN(C)C=O)c1CON=C(C)c1ccc2c(c1)CCCC2. The molecule has 1 N–H and O–H groups in total. The zero-order valence-corrected chi connectivity index (χ0v) is 17.9. The average molecular weight is 408 g/mol. The van der Waals surface area contributed by atoms with Gasteiger partial charge in [0.1, 0.15) is 6.61 Å². The molecular formula is C23H29N5O2. The van der Waals surface area contributed by atoms with Gasteiger partial charge in [-0.25, -0.2) is 5.01 Å². The van der Waals surface area contributed by atoms with E-state index in [0.29, 0.717) is 18.7 Å². The Kier molecular flexibility index (Phi) is 7.54. The molecule has 158 valence electrons. The Balaban J connectivity index is 1.72. The number of rotatable bonds is 9. The maximum absolute atomic E-state index is 10.6. The molecule has 0 radical (unpaired) electrons. The predicted molar refractivity (Wildman–Crippen MR) is 117 cm³/mol. The fourth-order valence-electron chi connectivity index (χ4n) is 3.59. The molecule has 0 aromatic heterocycles. The van der Waals surface area contributed by atoms with Gasteiger partial charge in [-0.1, -0.05) is 41.6 Å². The van der Waals surface area contributed by atoms with Crippen molar-refractivity contribution in [1.29, 1.82) is 0 Å². The van der Waals surface area contributed by atoms with Crippen molar-refractivity contribution >= 4 is 17.8 Å². The molecule has 0 unspecified atom stereocenters. The zero-order valence-electron chi connectivity index (χ0n) is 17.9. The summed E-state index contributed by atoms with van der Waals surface area (Å²) in [6.07, 6.45) is 6.31. The highest BCUT2D eigenvalue weighted by molar-refractivity contribution is 5.98. The molecule has 30 heavy (non-hydrogen) atoms. The summed E-state index contributed by atoms with van der Waals surface area (Å²) in [5.41, 5.74) is 10.1. The Labute approximate surface area is 177 Å². The normalized spacial score (nSPS) is 13.8. The lowest BCUT2D eigenvalue weighted by atomic mass is 9.90. The summed E-state index contributed by atoms with van der Waals surface area (Å²) in [6.45, 7) is 4.35. The van der Waals surface area contributed by atoms with Crippen molar-refractivity contribution in [2.24, 2.45) is 15.5 Å². The summed E-state index contributed by atoms with van der Waals surface area (Å²) in [5.74, 6) is 0. The lowest BCUT2D eigenvalue weighted by Crippen LogP contribution is -2.27. The van der Waals surface area contributed by atoms with Crippen molar-refractivity contribution in [1.82, 2.24) is 10.5 Å². The highest BCUT2D eigenvalue weighted by atomic mass is 16.6. The molecular weight excluding hydrogens is 378 g/mol. The fourth-order valence-corrected chi connectivity index (χ4v) is 3.59. The van der Waals surface area contributed by atoms with E-state index >= 15 is 0 Å². The minimum absolute atomic E-state index is 0.296. The minimum Gasteiger partial charge on any atom is -0.391 e. The smallest absolute Gasteiger partial charge is 0.229 e. The number of amides is 1. The van der Waals surface area contributed by atoms with Gasteiger partial charge in [-0.3, -0.25) is 4.79 Å². The molecule has 1 amide bonds. The first-order valence-electron chi connectivity index (χ1n) is 10.4. The van der Waals surface area contributed by atoms with E-state index in [9.17, 15) is 4.79 Å². The maximum atomic E-state index is 10.6. The van der Waals surface area contributed by atoms with Crippen molar-refractivity contribution in [3.8, 4) is 0 Å². The number of carbonyl (C=O) groups excluding carboxylic acids is 1. The first-order valence-corrected chi connectivity index (χ1v) is 10.4. The number of oxime groups is 1. The van der Waals surface area contributed by atoms with Gasteiger partial charge in [0.25, 0.3) is 0 Å². The summed E-state index contributed by atoms with van der Waals surface area (Å²) < 4.78 is 0. The molecule has 0 atom stereocenters. The zero-order chi connectivity index (χ0) is 21.3. The van der Waals surface area contributed by atoms with Gasteiger partial charge in [0, 0.05) is 12.6 Å². The van der Waals surface area contributed by atoms with Crippen LogP contribution in [0.5, 0.6) is 0 Å². The van der Waals surface area contributed by atoms with Gasteiger partial charge in [-0.2, -0.15) is 5.53 Å². The van der Waals surface area contributed by atoms with Crippen molar-refractivity contribution < 1.29 is 9.63 Å². The largest absolute Gasteiger partial charge is 0.391 e. The molecule has 2 aromatic carbocycles. The van der Waals surface area contributed by atoms with Crippen molar-refractivity contribution in [3.05, 3.63) is 64.2 Å². The number of nitrogens with one attached hydrogen (secondary N) is 1. The first-order chi connectivity index (χ1) is 14.6. The average Bonchev–Trinajstić information content (AvgIpc) is 2.79. The van der Waals surface area contributed by atoms with Crippen LogP contribution in [0.15, 0.2) is 51.9 Å². The van der Waals surface area contributed by atoms with Crippen molar-refractivity contribution in [3.63, 3.8) is 0 Å². The van der Waals surface area contributed by atoms with Gasteiger partial charge < -0.3 is 4.84 Å². The highest BCUT2D eigenvalue weighted by Gasteiger charge is 2.11. The molecule has 7 heteroatoms. The third-order valence-electron chi connectivity index (χ3n) is 5.32.